The van der Waals surface area contributed by atoms with E-state index in [0.717, 1.165) is 0 Å². The Labute approximate surface area is 102 Å². The van der Waals surface area contributed by atoms with Crippen molar-refractivity contribution in [2.45, 2.75) is 12.3 Å². The molecule has 0 aliphatic carbocycles. The normalized spacial score (nSPS) is 28.0. The van der Waals surface area contributed by atoms with Crippen LogP contribution in [0.1, 0.15) is 6.23 Å². The van der Waals surface area contributed by atoms with Crippen LogP contribution < -0.4 is 5.73 Å². The van der Waals surface area contributed by atoms with E-state index in [1.54, 1.807) is 4.57 Å². The summed E-state index contributed by atoms with van der Waals surface area (Å²) in [6.45, 7) is 0.171. The summed E-state index contributed by atoms with van der Waals surface area (Å²) < 4.78 is 7.08. The zero-order chi connectivity index (χ0) is 12.7. The topological polar surface area (TPSA) is 119 Å². The first-order chi connectivity index (χ1) is 8.72. The summed E-state index contributed by atoms with van der Waals surface area (Å²) in [4.78, 5) is 12.0. The standard InChI is InChI=1S/C10H13N5O3/c11-8-6-9(13-3-12-8)15(4-14-6)10-7(17)5(1-16)2-18-10/h3-5,7,10,16-17H,1-2H2,(H2,11,12,13)/t5-,7+,10+/m1/s1. The maximum atomic E-state index is 10.0. The van der Waals surface area contributed by atoms with E-state index in [4.69, 9.17) is 15.6 Å². The molecular weight excluding hydrogens is 238 g/mol. The van der Waals surface area contributed by atoms with Crippen LogP contribution in [0.3, 0.4) is 0 Å². The zero-order valence-electron chi connectivity index (χ0n) is 9.47. The molecule has 0 unspecified atom stereocenters. The number of nitrogens with two attached hydrogens (primary N) is 1. The Hall–Kier alpha value is -1.77. The molecule has 2 aromatic heterocycles. The van der Waals surface area contributed by atoms with Gasteiger partial charge in [0.2, 0.25) is 0 Å². The minimum atomic E-state index is -0.802. The molecule has 0 amide bonds. The predicted molar refractivity (Wildman–Crippen MR) is 61.3 cm³/mol. The fraction of sp³-hybridized carbons (Fsp3) is 0.500. The molecule has 4 N–H and O–H groups in total. The molecule has 18 heavy (non-hydrogen) atoms. The van der Waals surface area contributed by atoms with Gasteiger partial charge in [0.25, 0.3) is 0 Å². The van der Waals surface area contributed by atoms with E-state index in [2.05, 4.69) is 15.0 Å². The third-order valence-corrected chi connectivity index (χ3v) is 3.15. The summed E-state index contributed by atoms with van der Waals surface area (Å²) in [6.07, 6.45) is 1.43. The van der Waals surface area contributed by atoms with E-state index in [1.807, 2.05) is 0 Å². The lowest BCUT2D eigenvalue weighted by Crippen LogP contribution is -2.26. The number of nitrogen functional groups attached to an aromatic ring is 1. The van der Waals surface area contributed by atoms with Crippen LogP contribution >= 0.6 is 0 Å². The number of rotatable bonds is 2. The number of hydrogen-bond acceptors (Lipinski definition) is 7. The summed E-state index contributed by atoms with van der Waals surface area (Å²) in [6, 6.07) is 0. The second kappa shape index (κ2) is 4.16. The third kappa shape index (κ3) is 1.54. The van der Waals surface area contributed by atoms with Gasteiger partial charge in [-0.1, -0.05) is 0 Å². The van der Waals surface area contributed by atoms with Crippen LogP contribution in [-0.4, -0.2) is 49.0 Å². The van der Waals surface area contributed by atoms with E-state index in [9.17, 15) is 5.11 Å². The molecule has 1 fully saturated rings. The maximum absolute atomic E-state index is 10.0. The van der Waals surface area contributed by atoms with Crippen LogP contribution in [0, 0.1) is 5.92 Å². The molecule has 0 saturated carbocycles. The molecule has 3 rings (SSSR count). The highest BCUT2D eigenvalue weighted by molar-refractivity contribution is 5.81. The number of fused-ring (bicyclic) bond motifs is 1. The van der Waals surface area contributed by atoms with Crippen LogP contribution in [0.2, 0.25) is 0 Å². The van der Waals surface area contributed by atoms with Crippen molar-refractivity contribution in [1.29, 1.82) is 0 Å². The Morgan fingerprint density at radius 3 is 3.00 bits per heavy atom. The van der Waals surface area contributed by atoms with Crippen LogP contribution in [0.15, 0.2) is 12.7 Å². The lowest BCUT2D eigenvalue weighted by Gasteiger charge is -2.17. The summed E-state index contributed by atoms with van der Waals surface area (Å²) >= 11 is 0. The summed E-state index contributed by atoms with van der Waals surface area (Å²) in [7, 11) is 0. The molecule has 96 valence electrons. The first-order valence-corrected chi connectivity index (χ1v) is 5.56. The Bertz CT molecular complexity index is 572. The van der Waals surface area contributed by atoms with Crippen molar-refractivity contribution in [3.63, 3.8) is 0 Å². The fourth-order valence-corrected chi connectivity index (χ4v) is 2.11. The van der Waals surface area contributed by atoms with E-state index < -0.39 is 12.3 Å². The van der Waals surface area contributed by atoms with Crippen molar-refractivity contribution >= 4 is 17.0 Å². The van der Waals surface area contributed by atoms with Crippen molar-refractivity contribution in [1.82, 2.24) is 19.5 Å². The van der Waals surface area contributed by atoms with Gasteiger partial charge in [0.05, 0.1) is 19.5 Å². The van der Waals surface area contributed by atoms with Gasteiger partial charge in [0.15, 0.2) is 17.7 Å². The smallest absolute Gasteiger partial charge is 0.167 e. The maximum Gasteiger partial charge on any atom is 0.167 e. The Balaban J connectivity index is 2.03. The Kier molecular flexibility index (Phi) is 2.62. The highest BCUT2D eigenvalue weighted by Crippen LogP contribution is 2.30. The number of imidazole rings is 1. The molecule has 8 nitrogen and oxygen atoms in total. The highest BCUT2D eigenvalue weighted by atomic mass is 16.5. The molecule has 1 saturated heterocycles. The predicted octanol–water partition coefficient (Wildman–Crippen LogP) is -1.09. The fourth-order valence-electron chi connectivity index (χ4n) is 2.11. The molecule has 8 heteroatoms. The zero-order valence-corrected chi connectivity index (χ0v) is 9.47. The van der Waals surface area contributed by atoms with Crippen LogP contribution in [-0.2, 0) is 4.74 Å². The number of anilines is 1. The number of hydrogen-bond donors (Lipinski definition) is 3. The van der Waals surface area contributed by atoms with Gasteiger partial charge in [-0.05, 0) is 0 Å². The minimum absolute atomic E-state index is 0.124. The van der Waals surface area contributed by atoms with Gasteiger partial charge >= 0.3 is 0 Å². The highest BCUT2D eigenvalue weighted by Gasteiger charge is 2.37. The second-order valence-corrected chi connectivity index (χ2v) is 4.24. The van der Waals surface area contributed by atoms with Crippen molar-refractivity contribution < 1.29 is 14.9 Å². The van der Waals surface area contributed by atoms with E-state index in [1.165, 1.54) is 12.7 Å². The van der Waals surface area contributed by atoms with Gasteiger partial charge < -0.3 is 20.7 Å². The van der Waals surface area contributed by atoms with E-state index in [0.29, 0.717) is 17.8 Å². The molecule has 0 bridgehead atoms. The second-order valence-electron chi connectivity index (χ2n) is 4.24. The van der Waals surface area contributed by atoms with Crippen LogP contribution in [0.25, 0.3) is 11.2 Å². The van der Waals surface area contributed by atoms with Crippen molar-refractivity contribution in [2.24, 2.45) is 5.92 Å². The number of aliphatic hydroxyl groups is 2. The number of aliphatic hydroxyl groups excluding tert-OH is 2. The molecule has 0 radical (unpaired) electrons. The van der Waals surface area contributed by atoms with Crippen molar-refractivity contribution in [3.8, 4) is 0 Å². The quantitative estimate of drug-likeness (QED) is 0.620. The average molecular weight is 251 g/mol. The summed E-state index contributed by atoms with van der Waals surface area (Å²) in [5.41, 5.74) is 6.66. The number of aromatic nitrogens is 4. The lowest BCUT2D eigenvalue weighted by molar-refractivity contribution is -0.0108. The number of ether oxygens (including phenoxy) is 1. The van der Waals surface area contributed by atoms with E-state index in [-0.39, 0.29) is 18.3 Å². The minimum Gasteiger partial charge on any atom is -0.396 e. The summed E-state index contributed by atoms with van der Waals surface area (Å²) in [5.74, 6) is -0.0171. The first-order valence-electron chi connectivity index (χ1n) is 5.56. The third-order valence-electron chi connectivity index (χ3n) is 3.15. The Morgan fingerprint density at radius 1 is 1.44 bits per heavy atom. The monoisotopic (exact) mass is 251 g/mol. The SMILES string of the molecule is Nc1ncnc2c1ncn2[C@H]1OC[C@@H](CO)[C@@H]1O. The van der Waals surface area contributed by atoms with Gasteiger partial charge in [0, 0.05) is 5.92 Å². The summed E-state index contributed by atoms with van der Waals surface area (Å²) in [5, 5.41) is 19.1. The lowest BCUT2D eigenvalue weighted by atomic mass is 10.1. The molecule has 3 atom stereocenters. The first kappa shape index (κ1) is 11.3. The molecule has 2 aromatic rings. The van der Waals surface area contributed by atoms with Gasteiger partial charge in [-0.25, -0.2) is 15.0 Å². The van der Waals surface area contributed by atoms with Gasteiger partial charge in [0.1, 0.15) is 17.9 Å². The molecule has 0 spiro atoms. The van der Waals surface area contributed by atoms with Gasteiger partial charge in [-0.2, -0.15) is 0 Å². The van der Waals surface area contributed by atoms with E-state index >= 15 is 0 Å². The molecule has 1 aliphatic rings. The largest absolute Gasteiger partial charge is 0.396 e. The van der Waals surface area contributed by atoms with Crippen LogP contribution in [0.5, 0.6) is 0 Å². The Morgan fingerprint density at radius 2 is 2.28 bits per heavy atom. The van der Waals surface area contributed by atoms with Crippen molar-refractivity contribution in [2.75, 3.05) is 18.9 Å². The van der Waals surface area contributed by atoms with Crippen LogP contribution in [0.4, 0.5) is 5.82 Å². The molecular formula is C10H13N5O3. The molecule has 0 aromatic carbocycles. The molecule has 3 heterocycles. The van der Waals surface area contributed by atoms with Gasteiger partial charge in [-0.3, -0.25) is 4.57 Å². The van der Waals surface area contributed by atoms with Crippen molar-refractivity contribution in [3.05, 3.63) is 12.7 Å². The number of nitrogens with zero attached hydrogens (tertiary/aromatic N) is 4. The van der Waals surface area contributed by atoms with Gasteiger partial charge in [-0.15, -0.1) is 0 Å². The molecule has 1 aliphatic heterocycles. The average Bonchev–Trinajstić information content (AvgIpc) is 2.93.